The summed E-state index contributed by atoms with van der Waals surface area (Å²) in [6, 6.07) is 18.5. The van der Waals surface area contributed by atoms with Crippen molar-refractivity contribution in [2.75, 3.05) is 12.4 Å². The number of ether oxygens (including phenoxy) is 2. The number of hydrogen-bond donors (Lipinski definition) is 0. The topological polar surface area (TPSA) is 86.7 Å². The van der Waals surface area contributed by atoms with Crippen LogP contribution in [0.5, 0.6) is 0 Å². The molecule has 180 valence electrons. The molecule has 0 fully saturated rings. The van der Waals surface area contributed by atoms with E-state index in [0.717, 1.165) is 11.1 Å². The fraction of sp³-hybridized carbons (Fsp3) is 0.462. The first kappa shape index (κ1) is 26.6. The van der Waals surface area contributed by atoms with Gasteiger partial charge in [-0.25, -0.2) is 8.42 Å². The van der Waals surface area contributed by atoms with E-state index in [2.05, 4.69) is 0 Å². The molecule has 0 aliphatic rings. The second-order valence-electron chi connectivity index (χ2n) is 9.85. The second kappa shape index (κ2) is 11.0. The van der Waals surface area contributed by atoms with Gasteiger partial charge in [-0.15, -0.1) is 0 Å². The van der Waals surface area contributed by atoms with Crippen molar-refractivity contribution < 1.29 is 27.5 Å². The normalized spacial score (nSPS) is 13.2. The molecule has 0 radical (unpaired) electrons. The molecule has 1 unspecified atom stereocenters. The maximum atomic E-state index is 13.3. The number of rotatable bonds is 10. The Balaban J connectivity index is 2.17. The summed E-state index contributed by atoms with van der Waals surface area (Å²) in [4.78, 5) is 25.1. The molecule has 2 aromatic carbocycles. The van der Waals surface area contributed by atoms with Gasteiger partial charge in [0.25, 0.3) is 0 Å². The molecule has 2 rings (SSSR count). The minimum absolute atomic E-state index is 0.0671. The standard InChI is InChI=1S/C26H34O6S/c1-25(2,3)24(28)32-19-26(4,5)33(29,30)18-22(16-20-12-8-6-9-13-20)23(27)31-17-21-14-10-7-11-15-21/h6-15,22H,16-19H2,1-5H3. The summed E-state index contributed by atoms with van der Waals surface area (Å²) < 4.78 is 36.0. The van der Waals surface area contributed by atoms with Gasteiger partial charge in [0.05, 0.1) is 17.1 Å². The minimum Gasteiger partial charge on any atom is -0.464 e. The quantitative estimate of drug-likeness (QED) is 0.475. The fourth-order valence-electron chi connectivity index (χ4n) is 2.99. The molecule has 2 aromatic rings. The minimum atomic E-state index is -3.83. The number of sulfone groups is 1. The first-order chi connectivity index (χ1) is 15.3. The van der Waals surface area contributed by atoms with E-state index in [1.165, 1.54) is 13.8 Å². The predicted octanol–water partition coefficient (Wildman–Crippen LogP) is 4.37. The van der Waals surface area contributed by atoms with E-state index in [1.54, 1.807) is 20.8 Å². The van der Waals surface area contributed by atoms with Crippen LogP contribution in [0.25, 0.3) is 0 Å². The lowest BCUT2D eigenvalue weighted by molar-refractivity contribution is -0.153. The zero-order chi connectivity index (χ0) is 24.7. The second-order valence-corrected chi connectivity index (χ2v) is 12.5. The van der Waals surface area contributed by atoms with E-state index in [-0.39, 0.29) is 19.6 Å². The van der Waals surface area contributed by atoms with E-state index in [0.29, 0.717) is 0 Å². The third-order valence-electron chi connectivity index (χ3n) is 5.31. The van der Waals surface area contributed by atoms with Crippen molar-refractivity contribution in [2.24, 2.45) is 11.3 Å². The zero-order valence-electron chi connectivity index (χ0n) is 20.0. The van der Waals surface area contributed by atoms with E-state index in [9.17, 15) is 18.0 Å². The summed E-state index contributed by atoms with van der Waals surface area (Å²) in [7, 11) is -3.83. The first-order valence-corrected chi connectivity index (χ1v) is 12.6. The van der Waals surface area contributed by atoms with Crippen molar-refractivity contribution in [3.05, 3.63) is 71.8 Å². The molecule has 0 saturated carbocycles. The van der Waals surface area contributed by atoms with Gasteiger partial charge in [-0.05, 0) is 52.2 Å². The van der Waals surface area contributed by atoms with Crippen LogP contribution in [0.1, 0.15) is 45.7 Å². The number of benzene rings is 2. The van der Waals surface area contributed by atoms with E-state index >= 15 is 0 Å². The molecule has 0 saturated heterocycles. The molecule has 0 bridgehead atoms. The highest BCUT2D eigenvalue weighted by molar-refractivity contribution is 7.92. The van der Waals surface area contributed by atoms with Gasteiger partial charge in [0.1, 0.15) is 18.0 Å². The molecule has 0 aromatic heterocycles. The maximum absolute atomic E-state index is 13.3. The summed E-state index contributed by atoms with van der Waals surface area (Å²) in [5.74, 6) is -2.35. The Kier molecular flexibility index (Phi) is 8.83. The Morgan fingerprint density at radius 3 is 1.85 bits per heavy atom. The van der Waals surface area contributed by atoms with Gasteiger partial charge in [-0.1, -0.05) is 60.7 Å². The predicted molar refractivity (Wildman–Crippen MR) is 128 cm³/mol. The van der Waals surface area contributed by atoms with Crippen molar-refractivity contribution in [2.45, 2.75) is 52.4 Å². The fourth-order valence-corrected chi connectivity index (χ4v) is 4.46. The largest absolute Gasteiger partial charge is 0.464 e. The van der Waals surface area contributed by atoms with Crippen LogP contribution in [0.2, 0.25) is 0 Å². The molecule has 0 spiro atoms. The zero-order valence-corrected chi connectivity index (χ0v) is 20.9. The molecule has 0 aliphatic heterocycles. The monoisotopic (exact) mass is 474 g/mol. The smallest absolute Gasteiger partial charge is 0.311 e. The van der Waals surface area contributed by atoms with Crippen molar-refractivity contribution in [3.8, 4) is 0 Å². The van der Waals surface area contributed by atoms with Crippen LogP contribution in [0.4, 0.5) is 0 Å². The number of carbonyl (C=O) groups is 2. The molecule has 1 atom stereocenters. The van der Waals surface area contributed by atoms with E-state index < -0.39 is 43.6 Å². The highest BCUT2D eigenvalue weighted by atomic mass is 32.2. The molecular weight excluding hydrogens is 440 g/mol. The number of hydrogen-bond acceptors (Lipinski definition) is 6. The van der Waals surface area contributed by atoms with Gasteiger partial charge in [0.2, 0.25) is 0 Å². The third-order valence-corrected chi connectivity index (χ3v) is 7.95. The first-order valence-electron chi connectivity index (χ1n) is 11.0. The van der Waals surface area contributed by atoms with E-state index in [1.807, 2.05) is 60.7 Å². The highest BCUT2D eigenvalue weighted by Crippen LogP contribution is 2.25. The average molecular weight is 475 g/mol. The maximum Gasteiger partial charge on any atom is 0.311 e. The molecule has 7 heteroatoms. The Morgan fingerprint density at radius 1 is 0.818 bits per heavy atom. The molecule has 0 heterocycles. The van der Waals surface area contributed by atoms with Gasteiger partial charge in [-0.2, -0.15) is 0 Å². The van der Waals surface area contributed by atoms with Crippen LogP contribution in [0.3, 0.4) is 0 Å². The molecule has 33 heavy (non-hydrogen) atoms. The Morgan fingerprint density at radius 2 is 1.33 bits per heavy atom. The van der Waals surface area contributed by atoms with Crippen LogP contribution in [0, 0.1) is 11.3 Å². The summed E-state index contributed by atoms with van der Waals surface area (Å²) in [6.07, 6.45) is 0.228. The van der Waals surface area contributed by atoms with Crippen LogP contribution in [-0.4, -0.2) is 37.5 Å². The summed E-state index contributed by atoms with van der Waals surface area (Å²) in [5.41, 5.74) is 0.921. The van der Waals surface area contributed by atoms with Crippen molar-refractivity contribution in [1.82, 2.24) is 0 Å². The molecule has 0 aliphatic carbocycles. The van der Waals surface area contributed by atoms with E-state index in [4.69, 9.17) is 9.47 Å². The van der Waals surface area contributed by atoms with Gasteiger partial charge >= 0.3 is 11.9 Å². The molecule has 6 nitrogen and oxygen atoms in total. The number of carbonyl (C=O) groups excluding carboxylic acids is 2. The van der Waals surface area contributed by atoms with Gasteiger partial charge in [-0.3, -0.25) is 9.59 Å². The van der Waals surface area contributed by atoms with Crippen LogP contribution >= 0.6 is 0 Å². The van der Waals surface area contributed by atoms with Crippen molar-refractivity contribution in [3.63, 3.8) is 0 Å². The summed E-state index contributed by atoms with van der Waals surface area (Å²) in [6.45, 7) is 7.90. The highest BCUT2D eigenvalue weighted by Gasteiger charge is 2.40. The van der Waals surface area contributed by atoms with Crippen LogP contribution in [0.15, 0.2) is 60.7 Å². The lowest BCUT2D eigenvalue weighted by Crippen LogP contribution is -2.43. The SMILES string of the molecule is CC(C)(C)C(=O)OCC(C)(C)S(=O)(=O)CC(Cc1ccccc1)C(=O)OCc1ccccc1. The average Bonchev–Trinajstić information content (AvgIpc) is 2.76. The molecule has 0 N–H and O–H groups in total. The van der Waals surface area contributed by atoms with Gasteiger partial charge in [0.15, 0.2) is 9.84 Å². The molecular formula is C26H34O6S. The van der Waals surface area contributed by atoms with Crippen molar-refractivity contribution in [1.29, 1.82) is 0 Å². The number of esters is 2. The Labute approximate surface area is 197 Å². The summed E-state index contributed by atoms with van der Waals surface area (Å²) in [5, 5.41) is 0. The Hall–Kier alpha value is -2.67. The van der Waals surface area contributed by atoms with Gasteiger partial charge in [0, 0.05) is 0 Å². The lowest BCUT2D eigenvalue weighted by atomic mass is 9.97. The Bertz CT molecular complexity index is 1020. The third kappa shape index (κ3) is 8.00. The molecule has 0 amide bonds. The lowest BCUT2D eigenvalue weighted by Gasteiger charge is -2.28. The van der Waals surface area contributed by atoms with Gasteiger partial charge < -0.3 is 9.47 Å². The van der Waals surface area contributed by atoms with Crippen LogP contribution in [-0.2, 0) is 41.9 Å². The summed E-state index contributed by atoms with van der Waals surface area (Å²) >= 11 is 0. The van der Waals surface area contributed by atoms with Crippen molar-refractivity contribution >= 4 is 21.8 Å². The van der Waals surface area contributed by atoms with Crippen LogP contribution < -0.4 is 0 Å².